The molecule has 0 aromatic heterocycles. The third-order valence-electron chi connectivity index (χ3n) is 3.91. The van der Waals surface area contributed by atoms with Crippen molar-refractivity contribution in [1.82, 2.24) is 0 Å². The first-order chi connectivity index (χ1) is 7.53. The number of rotatable bonds is 2. The maximum absolute atomic E-state index is 9.36. The van der Waals surface area contributed by atoms with Gasteiger partial charge in [0.15, 0.2) is 5.41 Å². The number of nitrogens with two attached hydrogens (primary N) is 1. The lowest BCUT2D eigenvalue weighted by molar-refractivity contribution is -0.232. The van der Waals surface area contributed by atoms with Gasteiger partial charge in [-0.2, -0.15) is 10.5 Å². The molecular weight excluding hydrogens is 208 g/mol. The van der Waals surface area contributed by atoms with Crippen LogP contribution in [0, 0.1) is 39.4 Å². The second-order valence-corrected chi connectivity index (χ2v) is 4.05. The summed E-state index contributed by atoms with van der Waals surface area (Å²) in [6.07, 6.45) is 0. The highest BCUT2D eigenvalue weighted by Crippen LogP contribution is 2.77. The maximum Gasteiger partial charge on any atom is 0.292 e. The van der Waals surface area contributed by atoms with Gasteiger partial charge in [0, 0.05) is 20.1 Å². The molecule has 2 N–H and O–H groups in total. The van der Waals surface area contributed by atoms with Gasteiger partial charge in [-0.1, -0.05) is 6.92 Å². The van der Waals surface area contributed by atoms with Crippen molar-refractivity contribution in [2.24, 2.45) is 27.5 Å². The number of hydrogen-bond acceptors (Lipinski definition) is 6. The van der Waals surface area contributed by atoms with Gasteiger partial charge < -0.3 is 15.2 Å². The highest BCUT2D eigenvalue weighted by Gasteiger charge is 2.91. The van der Waals surface area contributed by atoms with Crippen LogP contribution in [0.3, 0.4) is 0 Å². The molecular formula is C10H12N4O2. The van der Waals surface area contributed by atoms with Crippen molar-refractivity contribution in [3.05, 3.63) is 0 Å². The fraction of sp³-hybridized carbons (Fsp3) is 0.700. The third kappa shape index (κ3) is 0.656. The van der Waals surface area contributed by atoms with Crippen LogP contribution in [0.5, 0.6) is 0 Å². The summed E-state index contributed by atoms with van der Waals surface area (Å²) in [6.45, 7) is 1.78. The molecule has 1 heterocycles. The topological polar surface area (TPSA) is 104 Å². The van der Waals surface area contributed by atoms with Crippen molar-refractivity contribution in [3.8, 4) is 12.1 Å². The van der Waals surface area contributed by atoms with Crippen LogP contribution in [-0.2, 0) is 9.47 Å². The zero-order valence-corrected chi connectivity index (χ0v) is 9.31. The summed E-state index contributed by atoms with van der Waals surface area (Å²) in [5, 5.41) is 18.6. The molecule has 0 amide bonds. The zero-order chi connectivity index (χ0) is 12.2. The van der Waals surface area contributed by atoms with Crippen LogP contribution in [0.1, 0.15) is 6.92 Å². The molecule has 0 radical (unpaired) electrons. The van der Waals surface area contributed by atoms with Crippen LogP contribution >= 0.6 is 0 Å². The number of nitrogens with zero attached hydrogens (tertiary/aromatic N) is 3. The number of fused-ring (bicyclic) bond motifs is 1. The Morgan fingerprint density at radius 3 is 2.19 bits per heavy atom. The molecule has 1 aliphatic carbocycles. The van der Waals surface area contributed by atoms with Gasteiger partial charge in [0.25, 0.3) is 5.91 Å². The van der Waals surface area contributed by atoms with Crippen molar-refractivity contribution in [3.63, 3.8) is 0 Å². The second-order valence-electron chi connectivity index (χ2n) is 4.05. The van der Waals surface area contributed by atoms with Gasteiger partial charge in [-0.05, 0) is 0 Å². The Morgan fingerprint density at radius 2 is 1.88 bits per heavy atom. The lowest BCUT2D eigenvalue weighted by Gasteiger charge is -2.28. The van der Waals surface area contributed by atoms with Gasteiger partial charge in [0.2, 0.25) is 0 Å². The number of hydrogen-bond donors (Lipinski definition) is 1. The van der Waals surface area contributed by atoms with E-state index < -0.39 is 16.7 Å². The molecule has 3 atom stereocenters. The molecule has 0 aromatic rings. The Morgan fingerprint density at radius 1 is 1.31 bits per heavy atom. The smallest absolute Gasteiger partial charge is 0.292 e. The van der Waals surface area contributed by atoms with Gasteiger partial charge in [-0.25, -0.2) is 4.99 Å². The molecule has 1 fully saturated rings. The predicted molar refractivity (Wildman–Crippen MR) is 53.6 cm³/mol. The average Bonchev–Trinajstić information content (AvgIpc) is 2.77. The Labute approximate surface area is 93.3 Å². The first-order valence-corrected chi connectivity index (χ1v) is 4.81. The van der Waals surface area contributed by atoms with Gasteiger partial charge in [-0.15, -0.1) is 0 Å². The van der Waals surface area contributed by atoms with Gasteiger partial charge in [0.1, 0.15) is 11.3 Å². The molecule has 1 aliphatic heterocycles. The predicted octanol–water partition coefficient (Wildman–Crippen LogP) is -0.0265. The molecule has 0 unspecified atom stereocenters. The highest BCUT2D eigenvalue weighted by molar-refractivity contribution is 5.98. The molecule has 0 spiro atoms. The summed E-state index contributed by atoms with van der Waals surface area (Å²) >= 11 is 0. The van der Waals surface area contributed by atoms with E-state index in [1.54, 1.807) is 6.92 Å². The molecule has 2 aliphatic rings. The van der Waals surface area contributed by atoms with Crippen molar-refractivity contribution in [2.45, 2.75) is 12.8 Å². The van der Waals surface area contributed by atoms with Crippen LogP contribution in [0.15, 0.2) is 4.99 Å². The Bertz CT molecular complexity index is 456. The van der Waals surface area contributed by atoms with Crippen molar-refractivity contribution >= 4 is 5.84 Å². The molecule has 2 rings (SSSR count). The van der Waals surface area contributed by atoms with E-state index >= 15 is 0 Å². The number of ether oxygens (including phenoxy) is 2. The standard InChI is InChI=1S/C10H12N4O2/c1-6-8(4-11)7(13)14-10(15-2,16-3)9(6,8)5-12/h6H,1-3H3,(H2,13,14)/t6-,8-,9-/m1/s1. The van der Waals surface area contributed by atoms with E-state index in [1.807, 2.05) is 0 Å². The molecule has 0 bridgehead atoms. The van der Waals surface area contributed by atoms with E-state index in [2.05, 4.69) is 17.1 Å². The van der Waals surface area contributed by atoms with E-state index in [9.17, 15) is 10.5 Å². The first kappa shape index (κ1) is 10.9. The van der Waals surface area contributed by atoms with E-state index in [-0.39, 0.29) is 11.8 Å². The van der Waals surface area contributed by atoms with Crippen LogP contribution < -0.4 is 5.73 Å². The second kappa shape index (κ2) is 2.73. The number of amidine groups is 1. The summed E-state index contributed by atoms with van der Waals surface area (Å²) in [7, 11) is 2.77. The summed E-state index contributed by atoms with van der Waals surface area (Å²) in [6, 6.07) is 4.20. The summed E-state index contributed by atoms with van der Waals surface area (Å²) < 4.78 is 10.4. The fourth-order valence-electron chi connectivity index (χ4n) is 2.94. The van der Waals surface area contributed by atoms with E-state index in [4.69, 9.17) is 15.2 Å². The molecule has 0 saturated heterocycles. The molecule has 16 heavy (non-hydrogen) atoms. The molecule has 6 heteroatoms. The molecule has 84 valence electrons. The van der Waals surface area contributed by atoms with Gasteiger partial charge in [-0.3, -0.25) is 0 Å². The molecule has 0 aromatic carbocycles. The largest absolute Gasteiger partial charge is 0.386 e. The minimum atomic E-state index is -1.46. The molecule has 1 saturated carbocycles. The molecule has 6 nitrogen and oxygen atoms in total. The van der Waals surface area contributed by atoms with Crippen LogP contribution in [0.4, 0.5) is 0 Å². The minimum Gasteiger partial charge on any atom is -0.386 e. The summed E-state index contributed by atoms with van der Waals surface area (Å²) in [4.78, 5) is 4.03. The van der Waals surface area contributed by atoms with Gasteiger partial charge in [0.05, 0.1) is 12.1 Å². The lowest BCUT2D eigenvalue weighted by Crippen LogP contribution is -2.41. The lowest BCUT2D eigenvalue weighted by atomic mass is 9.94. The maximum atomic E-state index is 9.36. The normalized spacial score (nSPS) is 42.8. The third-order valence-corrected chi connectivity index (χ3v) is 3.91. The van der Waals surface area contributed by atoms with Crippen LogP contribution in [0.2, 0.25) is 0 Å². The number of methoxy groups -OCH3 is 2. The summed E-state index contributed by atoms with van der Waals surface area (Å²) in [5.74, 6) is -1.60. The Kier molecular flexibility index (Phi) is 1.86. The van der Waals surface area contributed by atoms with Crippen molar-refractivity contribution in [2.75, 3.05) is 14.2 Å². The Hall–Kier alpha value is -1.63. The van der Waals surface area contributed by atoms with E-state index in [1.165, 1.54) is 14.2 Å². The zero-order valence-electron chi connectivity index (χ0n) is 9.31. The Balaban J connectivity index is 2.67. The van der Waals surface area contributed by atoms with Crippen LogP contribution in [0.25, 0.3) is 0 Å². The van der Waals surface area contributed by atoms with Gasteiger partial charge >= 0.3 is 0 Å². The highest BCUT2D eigenvalue weighted by atomic mass is 16.7. The fourth-order valence-corrected chi connectivity index (χ4v) is 2.94. The average molecular weight is 220 g/mol. The SMILES string of the molecule is COC1(OC)N=C(N)[C@@]2(C#N)[C@@H](C)[C@@]12C#N. The minimum absolute atomic E-state index is 0.118. The van der Waals surface area contributed by atoms with Crippen molar-refractivity contribution in [1.29, 1.82) is 10.5 Å². The monoisotopic (exact) mass is 220 g/mol. The summed E-state index contributed by atoms with van der Waals surface area (Å²) in [5.41, 5.74) is 3.55. The van der Waals surface area contributed by atoms with E-state index in [0.29, 0.717) is 0 Å². The van der Waals surface area contributed by atoms with Crippen molar-refractivity contribution < 1.29 is 9.47 Å². The van der Waals surface area contributed by atoms with Crippen LogP contribution in [-0.4, -0.2) is 26.0 Å². The number of nitriles is 2. The number of aliphatic imine (C=N–C) groups is 1. The first-order valence-electron chi connectivity index (χ1n) is 4.81. The quantitative estimate of drug-likeness (QED) is 0.658. The van der Waals surface area contributed by atoms with E-state index in [0.717, 1.165) is 0 Å².